The summed E-state index contributed by atoms with van der Waals surface area (Å²) < 4.78 is 47.3. The second-order valence-corrected chi connectivity index (χ2v) is 11.9. The average Bonchev–Trinajstić information content (AvgIpc) is 2.90. The lowest BCUT2D eigenvalue weighted by molar-refractivity contribution is 0.0387. The lowest BCUT2D eigenvalue weighted by Crippen LogP contribution is -2.46. The number of hydrogen-bond acceptors (Lipinski definition) is 4. The third-order valence-electron chi connectivity index (χ3n) is 7.37. The van der Waals surface area contributed by atoms with Gasteiger partial charge in [-0.15, -0.1) is 0 Å². The van der Waals surface area contributed by atoms with Gasteiger partial charge in [-0.1, -0.05) is 13.0 Å². The van der Waals surface area contributed by atoms with Crippen LogP contribution in [0.5, 0.6) is 0 Å². The number of aryl methyl sites for hydroxylation is 1. The SMILES string of the molecule is C[C@]12CC[C@H](S(N)(=O)=O)[C@@H]1CC[C@@H]1c3ccc(S(N)(=O)=O)cc3CC[C@H]12. The minimum atomic E-state index is -3.70. The molecule has 144 valence electrons. The molecule has 3 aliphatic carbocycles. The van der Waals surface area contributed by atoms with E-state index in [0.29, 0.717) is 18.3 Å². The third kappa shape index (κ3) is 2.73. The molecule has 26 heavy (non-hydrogen) atoms. The molecule has 0 saturated heterocycles. The topological polar surface area (TPSA) is 120 Å². The first-order chi connectivity index (χ1) is 12.0. The molecule has 0 aromatic heterocycles. The molecule has 1 aromatic rings. The fraction of sp³-hybridized carbons (Fsp3) is 0.667. The van der Waals surface area contributed by atoms with Crippen LogP contribution >= 0.6 is 0 Å². The van der Waals surface area contributed by atoms with Gasteiger partial charge in [0.15, 0.2) is 0 Å². The highest BCUT2D eigenvalue weighted by molar-refractivity contribution is 7.89. The zero-order valence-electron chi connectivity index (χ0n) is 14.9. The van der Waals surface area contributed by atoms with E-state index >= 15 is 0 Å². The second-order valence-electron chi connectivity index (χ2n) is 8.51. The molecule has 4 rings (SSSR count). The number of sulfonamides is 2. The Morgan fingerprint density at radius 3 is 2.38 bits per heavy atom. The Balaban J connectivity index is 1.70. The van der Waals surface area contributed by atoms with Gasteiger partial charge in [0.05, 0.1) is 10.1 Å². The lowest BCUT2D eigenvalue weighted by atomic mass is 9.54. The van der Waals surface area contributed by atoms with Gasteiger partial charge in [0.1, 0.15) is 0 Å². The molecule has 0 unspecified atom stereocenters. The number of primary sulfonamides is 2. The number of fused-ring (bicyclic) bond motifs is 5. The fourth-order valence-electron chi connectivity index (χ4n) is 6.21. The zero-order valence-corrected chi connectivity index (χ0v) is 16.5. The van der Waals surface area contributed by atoms with E-state index in [2.05, 4.69) is 6.92 Å². The maximum absolute atomic E-state index is 12.0. The lowest BCUT2D eigenvalue weighted by Gasteiger charge is -2.51. The first kappa shape index (κ1) is 18.4. The van der Waals surface area contributed by atoms with Crippen molar-refractivity contribution in [1.82, 2.24) is 0 Å². The molecule has 2 fully saturated rings. The quantitative estimate of drug-likeness (QED) is 0.789. The van der Waals surface area contributed by atoms with Crippen molar-refractivity contribution in [3.8, 4) is 0 Å². The minimum absolute atomic E-state index is 0.0175. The van der Waals surface area contributed by atoms with Gasteiger partial charge in [0.2, 0.25) is 20.0 Å². The van der Waals surface area contributed by atoms with Crippen LogP contribution in [0.1, 0.15) is 56.1 Å². The molecule has 0 spiro atoms. The summed E-state index contributed by atoms with van der Waals surface area (Å²) in [7, 11) is -7.21. The smallest absolute Gasteiger partial charge is 0.228 e. The van der Waals surface area contributed by atoms with Crippen LogP contribution in [-0.4, -0.2) is 22.1 Å². The minimum Gasteiger partial charge on any atom is -0.228 e. The summed E-state index contributed by atoms with van der Waals surface area (Å²) in [6, 6.07) is 5.24. The zero-order chi connectivity index (χ0) is 18.9. The monoisotopic (exact) mass is 398 g/mol. The van der Waals surface area contributed by atoms with Crippen molar-refractivity contribution in [3.05, 3.63) is 29.3 Å². The summed E-state index contributed by atoms with van der Waals surface area (Å²) in [5.74, 6) is 0.901. The predicted molar refractivity (Wildman–Crippen MR) is 99.3 cm³/mol. The fourth-order valence-corrected chi connectivity index (χ4v) is 8.12. The molecular formula is C18H26N2O4S2. The largest absolute Gasteiger partial charge is 0.238 e. The maximum Gasteiger partial charge on any atom is 0.238 e. The van der Waals surface area contributed by atoms with Crippen molar-refractivity contribution in [1.29, 1.82) is 0 Å². The van der Waals surface area contributed by atoms with Crippen molar-refractivity contribution in [2.24, 2.45) is 27.5 Å². The number of nitrogens with two attached hydrogens (primary N) is 2. The molecule has 8 heteroatoms. The van der Waals surface area contributed by atoms with Crippen LogP contribution in [0, 0.1) is 17.3 Å². The molecule has 3 aliphatic rings. The van der Waals surface area contributed by atoms with E-state index in [1.165, 1.54) is 5.56 Å². The average molecular weight is 399 g/mol. The van der Waals surface area contributed by atoms with Gasteiger partial charge in [-0.25, -0.2) is 27.1 Å². The van der Waals surface area contributed by atoms with Crippen LogP contribution < -0.4 is 10.3 Å². The molecular weight excluding hydrogens is 372 g/mol. The van der Waals surface area contributed by atoms with Crippen LogP contribution in [0.3, 0.4) is 0 Å². The standard InChI is InChI=1S/C18H26N2O4S2/c1-18-9-8-17(26(20,23)24)16(18)7-5-14-13-4-3-12(25(19,21)22)10-11(13)2-6-15(14)18/h3-4,10,14-17H,2,5-9H2,1H3,(H2,19,21,22)(H2,20,23,24)/t14-,15-,16+,17+,18-/m1/s1. The van der Waals surface area contributed by atoms with E-state index in [1.807, 2.05) is 6.07 Å². The highest BCUT2D eigenvalue weighted by Crippen LogP contribution is 2.62. The Morgan fingerprint density at radius 2 is 1.73 bits per heavy atom. The van der Waals surface area contributed by atoms with Gasteiger partial charge >= 0.3 is 0 Å². The maximum atomic E-state index is 12.0. The number of rotatable bonds is 2. The Hall–Kier alpha value is -0.960. The van der Waals surface area contributed by atoms with Crippen molar-refractivity contribution in [2.45, 2.75) is 61.5 Å². The molecule has 0 bridgehead atoms. The van der Waals surface area contributed by atoms with Gasteiger partial charge in [-0.2, -0.15) is 0 Å². The van der Waals surface area contributed by atoms with E-state index in [-0.39, 0.29) is 16.2 Å². The third-order valence-corrected chi connectivity index (χ3v) is 9.69. The van der Waals surface area contributed by atoms with Gasteiger partial charge in [-0.05, 0) is 85.0 Å². The van der Waals surface area contributed by atoms with Crippen molar-refractivity contribution in [3.63, 3.8) is 0 Å². The number of hydrogen-bond donors (Lipinski definition) is 2. The van der Waals surface area contributed by atoms with Gasteiger partial charge in [0.25, 0.3) is 0 Å². The van der Waals surface area contributed by atoms with Gasteiger partial charge in [0, 0.05) is 0 Å². The summed E-state index contributed by atoms with van der Waals surface area (Å²) >= 11 is 0. The van der Waals surface area contributed by atoms with E-state index in [0.717, 1.165) is 37.7 Å². The first-order valence-electron chi connectivity index (χ1n) is 9.19. The van der Waals surface area contributed by atoms with Crippen LogP contribution in [0.2, 0.25) is 0 Å². The van der Waals surface area contributed by atoms with Crippen molar-refractivity contribution < 1.29 is 16.8 Å². The Kier molecular flexibility index (Phi) is 4.08. The first-order valence-corrected chi connectivity index (χ1v) is 12.3. The van der Waals surface area contributed by atoms with Crippen molar-refractivity contribution >= 4 is 20.0 Å². The highest BCUT2D eigenvalue weighted by Gasteiger charge is 2.57. The second kappa shape index (κ2) is 5.77. The number of benzene rings is 1. The molecule has 2 saturated carbocycles. The molecule has 1 aromatic carbocycles. The summed E-state index contributed by atoms with van der Waals surface area (Å²) in [5, 5.41) is 10.4. The summed E-state index contributed by atoms with van der Waals surface area (Å²) in [5.41, 5.74) is 2.27. The van der Waals surface area contributed by atoms with Crippen LogP contribution in [0.15, 0.2) is 23.1 Å². The van der Waals surface area contributed by atoms with Crippen molar-refractivity contribution in [2.75, 3.05) is 0 Å². The van der Waals surface area contributed by atoms with Crippen LogP contribution in [0.4, 0.5) is 0 Å². The molecule has 4 N–H and O–H groups in total. The molecule has 0 heterocycles. The Morgan fingerprint density at radius 1 is 1.00 bits per heavy atom. The highest BCUT2D eigenvalue weighted by atomic mass is 32.2. The van der Waals surface area contributed by atoms with E-state index in [4.69, 9.17) is 10.3 Å². The molecule has 6 nitrogen and oxygen atoms in total. The molecule has 0 amide bonds. The summed E-state index contributed by atoms with van der Waals surface area (Å²) in [6.07, 6.45) is 5.09. The van der Waals surface area contributed by atoms with Crippen LogP contribution in [-0.2, 0) is 26.5 Å². The van der Waals surface area contributed by atoms with E-state index in [9.17, 15) is 16.8 Å². The Labute approximate surface area is 155 Å². The van der Waals surface area contributed by atoms with E-state index < -0.39 is 25.3 Å². The molecule has 5 atom stereocenters. The van der Waals surface area contributed by atoms with E-state index in [1.54, 1.807) is 12.1 Å². The Bertz CT molecular complexity index is 957. The van der Waals surface area contributed by atoms with Gasteiger partial charge < -0.3 is 0 Å². The normalized spacial score (nSPS) is 36.9. The summed E-state index contributed by atoms with van der Waals surface area (Å²) in [6.45, 7) is 2.24. The van der Waals surface area contributed by atoms with Gasteiger partial charge in [-0.3, -0.25) is 0 Å². The molecule has 0 radical (unpaired) electrons. The van der Waals surface area contributed by atoms with Crippen LogP contribution in [0.25, 0.3) is 0 Å². The summed E-state index contributed by atoms with van der Waals surface area (Å²) in [4.78, 5) is 0.171. The molecule has 0 aliphatic heterocycles. The predicted octanol–water partition coefficient (Wildman–Crippen LogP) is 1.85.